The van der Waals surface area contributed by atoms with Crippen LogP contribution >= 0.6 is 0 Å². The fraction of sp³-hybridized carbons (Fsp3) is 0.0714. The number of anilines is 1. The minimum absolute atomic E-state index is 0.0636. The lowest BCUT2D eigenvalue weighted by atomic mass is 10.1. The second-order valence-electron chi connectivity index (χ2n) is 4.65. The molecule has 0 bridgehead atoms. The topological polar surface area (TPSA) is 152 Å². The first-order valence-corrected chi connectivity index (χ1v) is 6.63. The summed E-state index contributed by atoms with van der Waals surface area (Å²) in [7, 11) is 1.21. The number of nitro groups is 1. The number of ether oxygens (including phenoxy) is 1. The smallest absolute Gasteiger partial charge is 0.339 e. The number of hydrogen-bond donors (Lipinski definition) is 2. The second-order valence-corrected chi connectivity index (χ2v) is 4.65. The fourth-order valence-corrected chi connectivity index (χ4v) is 1.84. The van der Waals surface area contributed by atoms with Gasteiger partial charge in [0.05, 0.1) is 34.1 Å². The molecule has 0 aliphatic carbocycles. The third-order valence-electron chi connectivity index (χ3n) is 3.02. The van der Waals surface area contributed by atoms with E-state index in [-0.39, 0.29) is 16.9 Å². The third-order valence-corrected chi connectivity index (χ3v) is 3.02. The van der Waals surface area contributed by atoms with Gasteiger partial charge in [-0.25, -0.2) is 15.0 Å². The molecule has 11 nitrogen and oxygen atoms in total. The van der Waals surface area contributed by atoms with Crippen molar-refractivity contribution in [1.82, 2.24) is 4.98 Å². The van der Waals surface area contributed by atoms with Gasteiger partial charge in [0.1, 0.15) is 5.82 Å². The zero-order valence-electron chi connectivity index (χ0n) is 12.7. The number of benzene rings is 1. The van der Waals surface area contributed by atoms with Crippen LogP contribution in [0, 0.1) is 15.0 Å². The van der Waals surface area contributed by atoms with E-state index in [1.807, 2.05) is 0 Å². The molecule has 1 aromatic heterocycles. The summed E-state index contributed by atoms with van der Waals surface area (Å²) < 4.78 is 4.51. The van der Waals surface area contributed by atoms with Crippen LogP contribution in [-0.2, 0) is 4.74 Å². The van der Waals surface area contributed by atoms with Gasteiger partial charge in [-0.05, 0) is 12.1 Å². The van der Waals surface area contributed by atoms with E-state index in [9.17, 15) is 24.6 Å². The van der Waals surface area contributed by atoms with E-state index in [0.29, 0.717) is 0 Å². The summed E-state index contributed by atoms with van der Waals surface area (Å²) in [5.74, 6) is -1.34. The molecule has 0 aliphatic heterocycles. The highest BCUT2D eigenvalue weighted by atomic mass is 16.6. The quantitative estimate of drug-likeness (QED) is 0.472. The molecule has 1 aromatic carbocycles. The minimum atomic E-state index is -0.812. The van der Waals surface area contributed by atoms with Crippen LogP contribution in [0.1, 0.15) is 20.7 Å². The summed E-state index contributed by atoms with van der Waals surface area (Å²) >= 11 is 0. The van der Waals surface area contributed by atoms with Crippen molar-refractivity contribution in [1.29, 1.82) is 0 Å². The lowest BCUT2D eigenvalue weighted by Gasteiger charge is -2.05. The number of non-ortho nitro benzene ring substituents is 1. The van der Waals surface area contributed by atoms with Gasteiger partial charge in [0.2, 0.25) is 0 Å². The number of hydrogen-bond acceptors (Lipinski definition) is 7. The van der Waals surface area contributed by atoms with Crippen molar-refractivity contribution in [2.24, 2.45) is 0 Å². The van der Waals surface area contributed by atoms with Gasteiger partial charge in [-0.1, -0.05) is 0 Å². The van der Waals surface area contributed by atoms with E-state index in [1.165, 1.54) is 25.4 Å². The summed E-state index contributed by atoms with van der Waals surface area (Å²) in [6, 6.07) is 5.41. The van der Waals surface area contributed by atoms with Crippen LogP contribution in [0.5, 0.6) is 0 Å². The third kappa shape index (κ3) is 4.10. The number of pyridine rings is 1. The molecule has 11 heteroatoms. The van der Waals surface area contributed by atoms with Gasteiger partial charge >= 0.3 is 11.7 Å². The Labute approximate surface area is 139 Å². The molecule has 0 unspecified atom stereocenters. The Morgan fingerprint density at radius 1 is 1.16 bits per heavy atom. The van der Waals surface area contributed by atoms with Gasteiger partial charge in [-0.3, -0.25) is 14.9 Å². The van der Waals surface area contributed by atoms with E-state index in [4.69, 9.17) is 5.21 Å². The Balaban J connectivity index is 2.27. The van der Waals surface area contributed by atoms with Gasteiger partial charge in [-0.2, -0.15) is 0 Å². The number of nitrogens with one attached hydrogen (secondary N) is 1. The number of esters is 1. The molecule has 2 N–H and O–H groups in total. The predicted molar refractivity (Wildman–Crippen MR) is 81.7 cm³/mol. The van der Waals surface area contributed by atoms with E-state index in [2.05, 4.69) is 15.0 Å². The molecule has 0 saturated carbocycles. The summed E-state index contributed by atoms with van der Waals surface area (Å²) in [5, 5.41) is 22.1. The Kier molecular flexibility index (Phi) is 4.98. The van der Waals surface area contributed by atoms with Crippen LogP contribution in [0.3, 0.4) is 0 Å². The van der Waals surface area contributed by atoms with Gasteiger partial charge in [-0.15, -0.1) is 0 Å². The van der Waals surface area contributed by atoms with Crippen LogP contribution in [0.25, 0.3) is 0 Å². The maximum absolute atomic E-state index is 12.2. The largest absolute Gasteiger partial charge is 0.465 e. The van der Waals surface area contributed by atoms with Crippen molar-refractivity contribution in [3.05, 3.63) is 62.7 Å². The highest BCUT2D eigenvalue weighted by molar-refractivity contribution is 6.04. The number of carbonyl (C=O) groups is 2. The Hall–Kier alpha value is -3.89. The molecular weight excluding hydrogens is 336 g/mol. The monoisotopic (exact) mass is 347 g/mol. The summed E-state index contributed by atoms with van der Waals surface area (Å²) in [4.78, 5) is 47.7. The first-order chi connectivity index (χ1) is 11.8. The molecule has 0 radical (unpaired) electrons. The van der Waals surface area contributed by atoms with Crippen LogP contribution in [-0.4, -0.2) is 39.0 Å². The Bertz CT molecular complexity index is 832. The van der Waals surface area contributed by atoms with Gasteiger partial charge in [0, 0.05) is 18.3 Å². The Morgan fingerprint density at radius 3 is 2.36 bits per heavy atom. The molecule has 0 aliphatic rings. The van der Waals surface area contributed by atoms with Crippen LogP contribution in [0.2, 0.25) is 0 Å². The van der Waals surface area contributed by atoms with Gasteiger partial charge < -0.3 is 10.1 Å². The number of rotatable bonds is 5. The summed E-state index contributed by atoms with van der Waals surface area (Å²) in [6.07, 6.45) is 1.17. The maximum atomic E-state index is 12.2. The van der Waals surface area contributed by atoms with Gasteiger partial charge in [0.25, 0.3) is 16.5 Å². The molecule has 2 aromatic rings. The Morgan fingerprint density at radius 2 is 1.84 bits per heavy atom. The molecule has 1 amide bonds. The van der Waals surface area contributed by atoms with Crippen LogP contribution < -0.4 is 5.32 Å². The van der Waals surface area contributed by atoms with Crippen molar-refractivity contribution in [3.63, 3.8) is 0 Å². The standard InChI is InChI=1S/C14H10N4O7/c1-25-14(20)8-2-3-12(15-7-8)16-13(19)9-4-10(17(21)22)6-11(5-9)18(23)24/h2-7H,1H3,(H-,15,16,19,20,21,22)/p+1. The molecule has 0 saturated heterocycles. The minimum Gasteiger partial charge on any atom is -0.465 e. The van der Waals surface area contributed by atoms with Crippen molar-refractivity contribution in [2.75, 3.05) is 12.4 Å². The van der Waals surface area contributed by atoms with Crippen LogP contribution in [0.15, 0.2) is 36.5 Å². The number of carbonyl (C=O) groups excluding carboxylic acids is 2. The number of amides is 1. The van der Waals surface area contributed by atoms with E-state index < -0.39 is 33.1 Å². The second kappa shape index (κ2) is 7.12. The first-order valence-electron chi connectivity index (χ1n) is 6.63. The van der Waals surface area contributed by atoms with E-state index in [0.717, 1.165) is 18.2 Å². The lowest BCUT2D eigenvalue weighted by molar-refractivity contribution is -0.729. The van der Waals surface area contributed by atoms with E-state index in [1.54, 1.807) is 0 Å². The van der Waals surface area contributed by atoms with E-state index >= 15 is 0 Å². The molecule has 128 valence electrons. The van der Waals surface area contributed by atoms with Crippen molar-refractivity contribution < 1.29 is 29.4 Å². The number of nitro benzene ring substituents is 1. The van der Waals surface area contributed by atoms with Gasteiger partial charge in [0.15, 0.2) is 0 Å². The van der Waals surface area contributed by atoms with Crippen molar-refractivity contribution in [2.45, 2.75) is 0 Å². The number of methoxy groups -OCH3 is 1. The molecule has 1 heterocycles. The number of aromatic nitrogens is 1. The maximum Gasteiger partial charge on any atom is 0.339 e. The zero-order valence-corrected chi connectivity index (χ0v) is 12.7. The summed E-state index contributed by atoms with van der Waals surface area (Å²) in [5.41, 5.74) is -1.10. The highest BCUT2D eigenvalue weighted by Gasteiger charge is 2.22. The molecule has 0 fully saturated rings. The highest BCUT2D eigenvalue weighted by Crippen LogP contribution is 2.23. The lowest BCUT2D eigenvalue weighted by Crippen LogP contribution is -2.14. The van der Waals surface area contributed by atoms with Crippen LogP contribution in [0.4, 0.5) is 17.2 Å². The fourth-order valence-electron chi connectivity index (χ4n) is 1.84. The molecule has 2 rings (SSSR count). The molecular formula is C14H11N4O7+. The molecule has 0 spiro atoms. The molecule has 0 atom stereocenters. The summed E-state index contributed by atoms with van der Waals surface area (Å²) in [6.45, 7) is 0. The predicted octanol–water partition coefficient (Wildman–Crippen LogP) is 1.83. The SMILES string of the molecule is COC(=O)c1ccc(NC(=O)c2cc([N+](=O)[O-])cc([N+](=O)O)c2)nc1. The normalized spacial score (nSPS) is 9.96. The average Bonchev–Trinajstić information content (AvgIpc) is 2.61. The van der Waals surface area contributed by atoms with Crippen molar-refractivity contribution in [3.8, 4) is 0 Å². The zero-order chi connectivity index (χ0) is 18.6. The average molecular weight is 347 g/mol. The molecule has 25 heavy (non-hydrogen) atoms. The van der Waals surface area contributed by atoms with Crippen molar-refractivity contribution >= 4 is 29.1 Å². The first kappa shape index (κ1) is 17.5. The number of nitrogens with zero attached hydrogens (tertiary/aromatic N) is 3.